The van der Waals surface area contributed by atoms with Crippen LogP contribution in [0.5, 0.6) is 0 Å². The Balaban J connectivity index is 2.53. The average Bonchev–Trinajstić information content (AvgIpc) is 2.31. The third-order valence-electron chi connectivity index (χ3n) is 1.82. The van der Waals surface area contributed by atoms with E-state index in [1.807, 2.05) is 6.92 Å². The van der Waals surface area contributed by atoms with Crippen LogP contribution in [-0.2, 0) is 11.2 Å². The van der Waals surface area contributed by atoms with Gasteiger partial charge < -0.3 is 4.74 Å². The number of halogens is 1. The fourth-order valence-electron chi connectivity index (χ4n) is 1.06. The van der Waals surface area contributed by atoms with Crippen molar-refractivity contribution in [1.29, 1.82) is 0 Å². The molecule has 0 spiro atoms. The highest BCUT2D eigenvalue weighted by atomic mass is 35.5. The lowest BCUT2D eigenvalue weighted by molar-refractivity contribution is 0.197. The van der Waals surface area contributed by atoms with Crippen molar-refractivity contribution in [2.24, 2.45) is 0 Å². The van der Waals surface area contributed by atoms with Gasteiger partial charge in [-0.05, 0) is 13.8 Å². The van der Waals surface area contributed by atoms with E-state index >= 15 is 0 Å². The molecule has 1 aromatic heterocycles. The number of alkyl halides is 1. The number of thiazole rings is 1. The first-order valence-corrected chi connectivity index (χ1v) is 5.44. The van der Waals surface area contributed by atoms with Crippen molar-refractivity contribution in [3.8, 4) is 0 Å². The average molecular weight is 220 g/mol. The van der Waals surface area contributed by atoms with Crippen LogP contribution in [0.25, 0.3) is 0 Å². The molecule has 13 heavy (non-hydrogen) atoms. The Labute approximate surface area is 87.9 Å². The fourth-order valence-corrected chi connectivity index (χ4v) is 2.43. The van der Waals surface area contributed by atoms with Gasteiger partial charge in [0.05, 0.1) is 22.7 Å². The summed E-state index contributed by atoms with van der Waals surface area (Å²) in [6, 6.07) is 0. The smallest absolute Gasteiger partial charge is 0.0946 e. The van der Waals surface area contributed by atoms with Gasteiger partial charge in [-0.2, -0.15) is 0 Å². The molecule has 1 aromatic rings. The molecule has 0 bridgehead atoms. The third-order valence-corrected chi connectivity index (χ3v) is 3.19. The molecule has 0 radical (unpaired) electrons. The van der Waals surface area contributed by atoms with Crippen molar-refractivity contribution >= 4 is 22.9 Å². The summed E-state index contributed by atoms with van der Waals surface area (Å²) in [4.78, 5) is 5.69. The predicted molar refractivity (Wildman–Crippen MR) is 56.8 cm³/mol. The summed E-state index contributed by atoms with van der Waals surface area (Å²) in [6.07, 6.45) is 0.800. The zero-order chi connectivity index (χ0) is 9.84. The number of rotatable bonds is 4. The number of hydrogen-bond acceptors (Lipinski definition) is 3. The number of methoxy groups -OCH3 is 1. The lowest BCUT2D eigenvalue weighted by atomic mass is 10.3. The van der Waals surface area contributed by atoms with Crippen LogP contribution in [0.15, 0.2) is 0 Å². The van der Waals surface area contributed by atoms with Crippen molar-refractivity contribution in [1.82, 2.24) is 4.98 Å². The molecule has 0 saturated carbocycles. The zero-order valence-corrected chi connectivity index (χ0v) is 9.71. The normalized spacial score (nSPS) is 13.2. The van der Waals surface area contributed by atoms with Crippen LogP contribution in [0.1, 0.15) is 15.6 Å². The Bertz CT molecular complexity index is 255. The summed E-state index contributed by atoms with van der Waals surface area (Å²) in [7, 11) is 1.66. The van der Waals surface area contributed by atoms with Crippen LogP contribution in [0.2, 0.25) is 0 Å². The van der Waals surface area contributed by atoms with Gasteiger partial charge in [0.25, 0.3) is 0 Å². The van der Waals surface area contributed by atoms with E-state index < -0.39 is 0 Å². The van der Waals surface area contributed by atoms with E-state index in [9.17, 15) is 0 Å². The van der Waals surface area contributed by atoms with E-state index in [-0.39, 0.29) is 5.38 Å². The Morgan fingerprint density at radius 3 is 2.69 bits per heavy atom. The molecule has 0 saturated heterocycles. The van der Waals surface area contributed by atoms with Crippen LogP contribution in [-0.4, -0.2) is 24.1 Å². The highest BCUT2D eigenvalue weighted by Crippen LogP contribution is 2.19. The van der Waals surface area contributed by atoms with E-state index in [1.54, 1.807) is 18.4 Å². The van der Waals surface area contributed by atoms with Crippen LogP contribution in [0.4, 0.5) is 0 Å². The second-order valence-corrected chi connectivity index (χ2v) is 4.91. The summed E-state index contributed by atoms with van der Waals surface area (Å²) in [5.41, 5.74) is 1.11. The predicted octanol–water partition coefficient (Wildman–Crippen LogP) is 2.56. The monoisotopic (exact) mass is 219 g/mol. The molecule has 1 unspecified atom stereocenters. The van der Waals surface area contributed by atoms with Gasteiger partial charge >= 0.3 is 0 Å². The Hall–Kier alpha value is -0.120. The van der Waals surface area contributed by atoms with Gasteiger partial charge in [0, 0.05) is 18.4 Å². The van der Waals surface area contributed by atoms with E-state index in [2.05, 4.69) is 11.9 Å². The molecule has 1 rings (SSSR count). The van der Waals surface area contributed by atoms with Crippen molar-refractivity contribution in [2.75, 3.05) is 13.7 Å². The molecule has 0 aliphatic carbocycles. The molecule has 2 nitrogen and oxygen atoms in total. The van der Waals surface area contributed by atoms with Crippen LogP contribution < -0.4 is 0 Å². The maximum atomic E-state index is 6.02. The number of aryl methyl sites for hydroxylation is 2. The highest BCUT2D eigenvalue weighted by Gasteiger charge is 2.09. The van der Waals surface area contributed by atoms with E-state index in [1.165, 1.54) is 4.88 Å². The SMILES string of the molecule is COCC(Cl)Cc1nc(C)c(C)s1. The van der Waals surface area contributed by atoms with Gasteiger partial charge in [-0.3, -0.25) is 0 Å². The second kappa shape index (κ2) is 4.94. The molecule has 1 atom stereocenters. The summed E-state index contributed by atoms with van der Waals surface area (Å²) in [5, 5.41) is 1.14. The lowest BCUT2D eigenvalue weighted by Crippen LogP contribution is -2.10. The van der Waals surface area contributed by atoms with Gasteiger partial charge in [0.2, 0.25) is 0 Å². The van der Waals surface area contributed by atoms with Crippen molar-refractivity contribution in [2.45, 2.75) is 25.6 Å². The highest BCUT2D eigenvalue weighted by molar-refractivity contribution is 7.11. The second-order valence-electron chi connectivity index (χ2n) is 3.01. The summed E-state index contributed by atoms with van der Waals surface area (Å²) >= 11 is 7.74. The summed E-state index contributed by atoms with van der Waals surface area (Å²) in [6.45, 7) is 4.68. The van der Waals surface area contributed by atoms with Crippen LogP contribution in [0, 0.1) is 13.8 Å². The minimum Gasteiger partial charge on any atom is -0.383 e. The minimum absolute atomic E-state index is 0.0370. The van der Waals surface area contributed by atoms with Crippen molar-refractivity contribution in [3.05, 3.63) is 15.6 Å². The molecule has 0 aliphatic rings. The molecule has 4 heteroatoms. The van der Waals surface area contributed by atoms with Gasteiger partial charge in [-0.15, -0.1) is 22.9 Å². The zero-order valence-electron chi connectivity index (χ0n) is 8.13. The van der Waals surface area contributed by atoms with Gasteiger partial charge in [-0.1, -0.05) is 0 Å². The number of ether oxygens (including phenoxy) is 1. The first kappa shape index (κ1) is 11.0. The molecule has 0 amide bonds. The van der Waals surface area contributed by atoms with Gasteiger partial charge in [0.15, 0.2) is 0 Å². The quantitative estimate of drug-likeness (QED) is 0.727. The number of nitrogens with zero attached hydrogens (tertiary/aromatic N) is 1. The molecular formula is C9H14ClNOS. The van der Waals surface area contributed by atoms with Crippen LogP contribution in [0.3, 0.4) is 0 Å². The standard InChI is InChI=1S/C9H14ClNOS/c1-6-7(2)13-9(11-6)4-8(10)5-12-3/h8H,4-5H2,1-3H3. The summed E-state index contributed by atoms with van der Waals surface area (Å²) in [5.74, 6) is 0. The Morgan fingerprint density at radius 2 is 2.23 bits per heavy atom. The molecule has 74 valence electrons. The van der Waals surface area contributed by atoms with E-state index in [0.29, 0.717) is 6.61 Å². The number of hydrogen-bond donors (Lipinski definition) is 0. The molecule has 0 N–H and O–H groups in total. The van der Waals surface area contributed by atoms with Gasteiger partial charge in [-0.25, -0.2) is 4.98 Å². The maximum Gasteiger partial charge on any atom is 0.0946 e. The van der Waals surface area contributed by atoms with E-state index in [4.69, 9.17) is 16.3 Å². The molecule has 0 aliphatic heterocycles. The number of aromatic nitrogens is 1. The van der Waals surface area contributed by atoms with E-state index in [0.717, 1.165) is 17.1 Å². The summed E-state index contributed by atoms with van der Waals surface area (Å²) < 4.78 is 4.96. The topological polar surface area (TPSA) is 22.1 Å². The molecule has 0 fully saturated rings. The first-order valence-electron chi connectivity index (χ1n) is 4.19. The van der Waals surface area contributed by atoms with Crippen molar-refractivity contribution in [3.63, 3.8) is 0 Å². The third kappa shape index (κ3) is 3.25. The molecule has 0 aromatic carbocycles. The largest absolute Gasteiger partial charge is 0.383 e. The van der Waals surface area contributed by atoms with Gasteiger partial charge in [0.1, 0.15) is 0 Å². The Morgan fingerprint density at radius 1 is 1.54 bits per heavy atom. The fraction of sp³-hybridized carbons (Fsp3) is 0.667. The molecular weight excluding hydrogens is 206 g/mol. The lowest BCUT2D eigenvalue weighted by Gasteiger charge is -2.04. The van der Waals surface area contributed by atoms with Crippen molar-refractivity contribution < 1.29 is 4.74 Å². The van der Waals surface area contributed by atoms with Crippen LogP contribution >= 0.6 is 22.9 Å². The Kier molecular flexibility index (Phi) is 4.16. The first-order chi connectivity index (χ1) is 6.13. The minimum atomic E-state index is 0.0370. The maximum absolute atomic E-state index is 6.02. The molecule has 1 heterocycles.